The molecule has 0 fully saturated rings. The van der Waals surface area contributed by atoms with Crippen LogP contribution in [-0.4, -0.2) is 24.3 Å². The molecule has 3 heteroatoms. The molecule has 15 heavy (non-hydrogen) atoms. The summed E-state index contributed by atoms with van der Waals surface area (Å²) in [5, 5.41) is 8.81. The highest BCUT2D eigenvalue weighted by Crippen LogP contribution is 2.09. The molecule has 0 spiro atoms. The maximum Gasteiger partial charge on any atom is 0.333 e. The third kappa shape index (κ3) is 3.36. The Labute approximate surface area is 89.7 Å². The number of rotatable bonds is 5. The number of aliphatic carboxylic acids is 1. The van der Waals surface area contributed by atoms with Gasteiger partial charge in [-0.05, 0) is 17.5 Å². The molecule has 1 aromatic carbocycles. The second kappa shape index (κ2) is 5.51. The van der Waals surface area contributed by atoms with Gasteiger partial charge in [0.1, 0.15) is 0 Å². The number of methoxy groups -OCH3 is 1. The largest absolute Gasteiger partial charge is 0.479 e. The zero-order valence-corrected chi connectivity index (χ0v) is 9.06. The molecule has 0 bridgehead atoms. The van der Waals surface area contributed by atoms with Crippen molar-refractivity contribution >= 4 is 5.97 Å². The number of carbonyl (C=O) groups is 1. The van der Waals surface area contributed by atoms with Crippen molar-refractivity contribution in [3.05, 3.63) is 35.4 Å². The van der Waals surface area contributed by atoms with Gasteiger partial charge in [-0.25, -0.2) is 4.79 Å². The third-order valence-corrected chi connectivity index (χ3v) is 2.41. The molecule has 1 rings (SSSR count). The number of benzene rings is 1. The van der Waals surface area contributed by atoms with E-state index in [4.69, 9.17) is 9.84 Å². The van der Waals surface area contributed by atoms with Crippen LogP contribution in [0.1, 0.15) is 18.1 Å². The van der Waals surface area contributed by atoms with Gasteiger partial charge in [0.25, 0.3) is 0 Å². The monoisotopic (exact) mass is 208 g/mol. The Morgan fingerprint density at radius 1 is 1.33 bits per heavy atom. The van der Waals surface area contributed by atoms with E-state index in [9.17, 15) is 4.79 Å². The van der Waals surface area contributed by atoms with E-state index in [0.717, 1.165) is 12.0 Å². The van der Waals surface area contributed by atoms with Crippen LogP contribution in [0.15, 0.2) is 24.3 Å². The van der Waals surface area contributed by atoms with Crippen LogP contribution in [0.2, 0.25) is 0 Å². The van der Waals surface area contributed by atoms with Gasteiger partial charge in [-0.3, -0.25) is 0 Å². The summed E-state index contributed by atoms with van der Waals surface area (Å²) in [6.45, 7) is 2.09. The molecule has 0 heterocycles. The minimum Gasteiger partial charge on any atom is -0.479 e. The molecular weight excluding hydrogens is 192 g/mol. The maximum atomic E-state index is 10.7. The van der Waals surface area contributed by atoms with E-state index in [1.807, 2.05) is 24.3 Å². The highest BCUT2D eigenvalue weighted by Gasteiger charge is 2.16. The predicted molar refractivity (Wildman–Crippen MR) is 58.0 cm³/mol. The zero-order chi connectivity index (χ0) is 11.3. The highest BCUT2D eigenvalue weighted by molar-refractivity contribution is 5.72. The Hall–Kier alpha value is -1.35. The van der Waals surface area contributed by atoms with Crippen LogP contribution < -0.4 is 0 Å². The van der Waals surface area contributed by atoms with E-state index in [2.05, 4.69) is 6.92 Å². The fourth-order valence-electron chi connectivity index (χ4n) is 1.40. The van der Waals surface area contributed by atoms with E-state index in [-0.39, 0.29) is 0 Å². The normalized spacial score (nSPS) is 12.4. The minimum absolute atomic E-state index is 0.413. The van der Waals surface area contributed by atoms with Crippen LogP contribution in [0.25, 0.3) is 0 Å². The Morgan fingerprint density at radius 3 is 2.27 bits per heavy atom. The van der Waals surface area contributed by atoms with E-state index in [0.29, 0.717) is 6.42 Å². The lowest BCUT2D eigenvalue weighted by atomic mass is 10.0. The Morgan fingerprint density at radius 2 is 1.87 bits per heavy atom. The Kier molecular flexibility index (Phi) is 4.31. The molecule has 0 amide bonds. The van der Waals surface area contributed by atoms with Crippen molar-refractivity contribution in [1.29, 1.82) is 0 Å². The number of carboxylic acids is 1. The van der Waals surface area contributed by atoms with Gasteiger partial charge in [-0.15, -0.1) is 0 Å². The van der Waals surface area contributed by atoms with Crippen molar-refractivity contribution in [1.82, 2.24) is 0 Å². The number of carboxylic acid groups (broad SMARTS) is 1. The molecule has 0 aromatic heterocycles. The van der Waals surface area contributed by atoms with Gasteiger partial charge in [0, 0.05) is 13.5 Å². The van der Waals surface area contributed by atoms with Gasteiger partial charge in [-0.1, -0.05) is 31.2 Å². The van der Waals surface area contributed by atoms with Gasteiger partial charge < -0.3 is 9.84 Å². The summed E-state index contributed by atoms with van der Waals surface area (Å²) in [5.74, 6) is -0.919. The van der Waals surface area contributed by atoms with Crippen LogP contribution in [0.4, 0.5) is 0 Å². The second-order valence-electron chi connectivity index (χ2n) is 3.44. The highest BCUT2D eigenvalue weighted by atomic mass is 16.5. The summed E-state index contributed by atoms with van der Waals surface area (Å²) in [5.41, 5.74) is 2.24. The summed E-state index contributed by atoms with van der Waals surface area (Å²) < 4.78 is 4.87. The van der Waals surface area contributed by atoms with Crippen molar-refractivity contribution in [3.8, 4) is 0 Å². The summed E-state index contributed by atoms with van der Waals surface area (Å²) in [4.78, 5) is 10.7. The molecule has 1 unspecified atom stereocenters. The van der Waals surface area contributed by atoms with Gasteiger partial charge in [0.05, 0.1) is 0 Å². The first kappa shape index (κ1) is 11.7. The van der Waals surface area contributed by atoms with Crippen molar-refractivity contribution in [3.63, 3.8) is 0 Å². The zero-order valence-electron chi connectivity index (χ0n) is 9.06. The number of ether oxygens (including phenoxy) is 1. The standard InChI is InChI=1S/C12H16O3/c1-3-9-4-6-10(7-5-9)8-11(15-2)12(13)14/h4-7,11H,3,8H2,1-2H3,(H,13,14). The smallest absolute Gasteiger partial charge is 0.333 e. The third-order valence-electron chi connectivity index (χ3n) is 2.41. The van der Waals surface area contributed by atoms with Crippen LogP contribution in [-0.2, 0) is 22.4 Å². The SMILES string of the molecule is CCc1ccc(CC(OC)C(=O)O)cc1. The molecule has 0 radical (unpaired) electrons. The summed E-state index contributed by atoms with van der Waals surface area (Å²) in [6, 6.07) is 7.94. The topological polar surface area (TPSA) is 46.5 Å². The lowest BCUT2D eigenvalue weighted by molar-refractivity contribution is -0.148. The van der Waals surface area contributed by atoms with E-state index < -0.39 is 12.1 Å². The molecule has 1 aromatic rings. The first-order chi connectivity index (χ1) is 7.17. The summed E-state index contributed by atoms with van der Waals surface area (Å²) in [6.07, 6.45) is 0.653. The fourth-order valence-corrected chi connectivity index (χ4v) is 1.40. The Bertz CT molecular complexity index is 316. The first-order valence-electron chi connectivity index (χ1n) is 5.00. The van der Waals surface area contributed by atoms with E-state index in [1.165, 1.54) is 12.7 Å². The molecule has 1 atom stereocenters. The molecule has 0 aliphatic carbocycles. The van der Waals surface area contributed by atoms with Gasteiger partial charge in [0.2, 0.25) is 0 Å². The van der Waals surface area contributed by atoms with Crippen molar-refractivity contribution in [2.45, 2.75) is 25.9 Å². The summed E-state index contributed by atoms with van der Waals surface area (Å²) >= 11 is 0. The van der Waals surface area contributed by atoms with Gasteiger partial charge in [-0.2, -0.15) is 0 Å². The molecule has 3 nitrogen and oxygen atoms in total. The molecular formula is C12H16O3. The van der Waals surface area contributed by atoms with E-state index in [1.54, 1.807) is 0 Å². The van der Waals surface area contributed by atoms with Crippen LogP contribution in [0.3, 0.4) is 0 Å². The van der Waals surface area contributed by atoms with Crippen LogP contribution in [0, 0.1) is 0 Å². The molecule has 0 saturated heterocycles. The van der Waals surface area contributed by atoms with Gasteiger partial charge >= 0.3 is 5.97 Å². The van der Waals surface area contributed by atoms with Gasteiger partial charge in [0.15, 0.2) is 6.10 Å². The van der Waals surface area contributed by atoms with Crippen molar-refractivity contribution in [2.75, 3.05) is 7.11 Å². The molecule has 0 saturated carbocycles. The molecule has 0 aliphatic rings. The maximum absolute atomic E-state index is 10.7. The second-order valence-corrected chi connectivity index (χ2v) is 3.44. The summed E-state index contributed by atoms with van der Waals surface area (Å²) in [7, 11) is 1.42. The molecule has 82 valence electrons. The number of hydrogen-bond acceptors (Lipinski definition) is 2. The number of aryl methyl sites for hydroxylation is 1. The van der Waals surface area contributed by atoms with Crippen molar-refractivity contribution in [2.24, 2.45) is 0 Å². The average molecular weight is 208 g/mol. The molecule has 0 aliphatic heterocycles. The minimum atomic E-state index is -0.919. The van der Waals surface area contributed by atoms with E-state index >= 15 is 0 Å². The predicted octanol–water partition coefficient (Wildman–Crippen LogP) is 1.89. The Balaban J connectivity index is 2.67. The number of hydrogen-bond donors (Lipinski definition) is 1. The average Bonchev–Trinajstić information content (AvgIpc) is 2.26. The molecule has 1 N–H and O–H groups in total. The lowest BCUT2D eigenvalue weighted by Crippen LogP contribution is -2.24. The fraction of sp³-hybridized carbons (Fsp3) is 0.417. The van der Waals surface area contributed by atoms with Crippen molar-refractivity contribution < 1.29 is 14.6 Å². The quantitative estimate of drug-likeness (QED) is 0.803. The van der Waals surface area contributed by atoms with Crippen LogP contribution in [0.5, 0.6) is 0 Å². The van der Waals surface area contributed by atoms with Crippen LogP contribution >= 0.6 is 0 Å². The first-order valence-corrected chi connectivity index (χ1v) is 5.00. The lowest BCUT2D eigenvalue weighted by Gasteiger charge is -2.10.